The molecule has 4 aromatic heterocycles. The molecule has 1 fully saturated rings. The molecule has 12 heteroatoms. The van der Waals surface area contributed by atoms with E-state index < -0.39 is 5.91 Å². The van der Waals surface area contributed by atoms with Crippen LogP contribution in [0.5, 0.6) is 5.88 Å². The van der Waals surface area contributed by atoms with Gasteiger partial charge in [-0.2, -0.15) is 5.10 Å². The first-order valence-corrected chi connectivity index (χ1v) is 12.8. The van der Waals surface area contributed by atoms with Crippen molar-refractivity contribution in [3.8, 4) is 17.0 Å². The van der Waals surface area contributed by atoms with Gasteiger partial charge in [-0.25, -0.2) is 9.20 Å². The van der Waals surface area contributed by atoms with E-state index in [1.165, 1.54) is 0 Å². The molecule has 196 valence electrons. The Kier molecular flexibility index (Phi) is 6.24. The topological polar surface area (TPSA) is 132 Å². The zero-order chi connectivity index (χ0) is 26.2. The first kappa shape index (κ1) is 24.0. The van der Waals surface area contributed by atoms with Crippen molar-refractivity contribution in [1.29, 1.82) is 0 Å². The summed E-state index contributed by atoms with van der Waals surface area (Å²) in [5.74, 6) is 0.212. The van der Waals surface area contributed by atoms with E-state index in [4.69, 9.17) is 4.74 Å². The number of hydrogen-bond donors (Lipinski definition) is 2. The summed E-state index contributed by atoms with van der Waals surface area (Å²) in [6.45, 7) is 6.66. The summed E-state index contributed by atoms with van der Waals surface area (Å²) >= 11 is 0. The largest absolute Gasteiger partial charge is 0.477 e. The van der Waals surface area contributed by atoms with E-state index in [1.54, 1.807) is 42.2 Å². The maximum absolute atomic E-state index is 13.2. The first-order chi connectivity index (χ1) is 18.5. The molecule has 1 atom stereocenters. The van der Waals surface area contributed by atoms with Gasteiger partial charge in [-0.05, 0) is 45.4 Å². The van der Waals surface area contributed by atoms with Crippen LogP contribution in [0.25, 0.3) is 16.6 Å². The van der Waals surface area contributed by atoms with E-state index in [0.717, 1.165) is 49.4 Å². The fourth-order valence-electron chi connectivity index (χ4n) is 5.01. The smallest absolute Gasteiger partial charge is 0.278 e. The van der Waals surface area contributed by atoms with Crippen LogP contribution in [-0.2, 0) is 11.3 Å². The number of aryl methyl sites for hydroxylation is 2. The highest BCUT2D eigenvalue weighted by Crippen LogP contribution is 2.32. The monoisotopic (exact) mass is 515 g/mol. The Morgan fingerprint density at radius 1 is 1.16 bits per heavy atom. The van der Waals surface area contributed by atoms with Gasteiger partial charge in [0.1, 0.15) is 0 Å². The van der Waals surface area contributed by atoms with E-state index in [0.29, 0.717) is 41.8 Å². The highest BCUT2D eigenvalue weighted by molar-refractivity contribution is 6.08. The first-order valence-electron chi connectivity index (χ1n) is 12.8. The molecule has 12 nitrogen and oxygen atoms in total. The molecular formula is C26H29N9O3. The summed E-state index contributed by atoms with van der Waals surface area (Å²) in [5, 5.41) is 18.4. The maximum Gasteiger partial charge on any atom is 0.278 e. The van der Waals surface area contributed by atoms with Crippen molar-refractivity contribution in [3.63, 3.8) is 0 Å². The SMILES string of the molecule is Cc1ncc(NC(=O)CN2CCC[C@@H]2C)cc1NC(=O)c1nnn2cc(-c3cnn4c3OCCC4)ccc12. The fourth-order valence-corrected chi connectivity index (χ4v) is 5.01. The molecule has 2 N–H and O–H groups in total. The third-order valence-electron chi connectivity index (χ3n) is 7.14. The number of aromatic nitrogens is 6. The zero-order valence-corrected chi connectivity index (χ0v) is 21.3. The van der Waals surface area contributed by atoms with Crippen molar-refractivity contribution in [2.45, 2.75) is 45.7 Å². The number of fused-ring (bicyclic) bond motifs is 2. The lowest BCUT2D eigenvalue weighted by atomic mass is 10.1. The van der Waals surface area contributed by atoms with Crippen molar-refractivity contribution >= 4 is 28.7 Å². The van der Waals surface area contributed by atoms with Crippen molar-refractivity contribution in [3.05, 3.63) is 48.2 Å². The minimum atomic E-state index is -0.418. The van der Waals surface area contributed by atoms with Crippen LogP contribution in [0.3, 0.4) is 0 Å². The van der Waals surface area contributed by atoms with Gasteiger partial charge in [0.15, 0.2) is 5.69 Å². The third kappa shape index (κ3) is 4.58. The van der Waals surface area contributed by atoms with Crippen LogP contribution in [0.4, 0.5) is 11.4 Å². The van der Waals surface area contributed by atoms with Gasteiger partial charge in [0.05, 0.1) is 53.7 Å². The van der Waals surface area contributed by atoms with E-state index in [2.05, 4.69) is 42.9 Å². The number of ether oxygens (including phenoxy) is 1. The average molecular weight is 516 g/mol. The predicted molar refractivity (Wildman–Crippen MR) is 140 cm³/mol. The number of anilines is 2. The van der Waals surface area contributed by atoms with Crippen LogP contribution < -0.4 is 15.4 Å². The number of carbonyl (C=O) groups excluding carboxylic acids is 2. The van der Waals surface area contributed by atoms with E-state index in [9.17, 15) is 9.59 Å². The van der Waals surface area contributed by atoms with Gasteiger partial charge < -0.3 is 15.4 Å². The molecule has 4 aromatic rings. The lowest BCUT2D eigenvalue weighted by Crippen LogP contribution is -2.35. The Bertz CT molecular complexity index is 1530. The van der Waals surface area contributed by atoms with E-state index >= 15 is 0 Å². The average Bonchev–Trinajstić information content (AvgIpc) is 3.64. The zero-order valence-electron chi connectivity index (χ0n) is 21.3. The third-order valence-corrected chi connectivity index (χ3v) is 7.14. The molecule has 2 aliphatic rings. The molecule has 0 saturated carbocycles. The standard InChI is InChI=1S/C26H29N9O3/c1-16-5-3-8-33(16)15-23(36)29-19-11-21(17(2)27-12-19)30-25(37)24-22-7-6-18(14-35(22)32-31-24)20-13-28-34-9-4-10-38-26(20)34/h6-7,11-14,16H,3-5,8-10,15H2,1-2H3,(H,29,36)(H,30,37)/t16-/m0/s1. The molecule has 0 spiro atoms. The molecule has 0 radical (unpaired) electrons. The normalized spacial score (nSPS) is 17.3. The highest BCUT2D eigenvalue weighted by atomic mass is 16.5. The molecule has 0 unspecified atom stereocenters. The molecule has 0 bridgehead atoms. The van der Waals surface area contributed by atoms with Crippen molar-refractivity contribution in [2.75, 3.05) is 30.3 Å². The quantitative estimate of drug-likeness (QED) is 0.401. The van der Waals surface area contributed by atoms with Gasteiger partial charge in [0, 0.05) is 30.8 Å². The van der Waals surface area contributed by atoms with Gasteiger partial charge >= 0.3 is 0 Å². The van der Waals surface area contributed by atoms with Crippen molar-refractivity contribution in [2.24, 2.45) is 0 Å². The maximum atomic E-state index is 13.2. The number of amides is 2. The second kappa shape index (κ2) is 9.86. The number of pyridine rings is 2. The summed E-state index contributed by atoms with van der Waals surface area (Å²) in [4.78, 5) is 32.2. The molecule has 0 aliphatic carbocycles. The number of hydrogen-bond acceptors (Lipinski definition) is 8. The lowest BCUT2D eigenvalue weighted by Gasteiger charge is -2.20. The number of rotatable bonds is 6. The summed E-state index contributed by atoms with van der Waals surface area (Å²) in [5.41, 5.74) is 4.10. The van der Waals surface area contributed by atoms with Gasteiger partial charge in [-0.1, -0.05) is 11.3 Å². The van der Waals surface area contributed by atoms with Crippen LogP contribution in [0.1, 0.15) is 42.4 Å². The Hall–Kier alpha value is -4.32. The molecule has 2 amide bonds. The van der Waals surface area contributed by atoms with Crippen LogP contribution >= 0.6 is 0 Å². The molecule has 6 rings (SSSR count). The second-order valence-electron chi connectivity index (χ2n) is 9.80. The molecule has 0 aromatic carbocycles. The van der Waals surface area contributed by atoms with Gasteiger partial charge in [-0.15, -0.1) is 5.10 Å². The Labute approximate surface area is 219 Å². The molecule has 2 aliphatic heterocycles. The van der Waals surface area contributed by atoms with Crippen LogP contribution in [0.15, 0.2) is 36.8 Å². The number of nitrogens with one attached hydrogen (secondary N) is 2. The van der Waals surface area contributed by atoms with Gasteiger partial charge in [0.25, 0.3) is 5.91 Å². The number of likely N-dealkylation sites (tertiary alicyclic amines) is 1. The summed E-state index contributed by atoms with van der Waals surface area (Å²) in [7, 11) is 0. The minimum Gasteiger partial charge on any atom is -0.477 e. The number of nitrogens with zero attached hydrogens (tertiary/aromatic N) is 7. The van der Waals surface area contributed by atoms with Crippen LogP contribution in [0.2, 0.25) is 0 Å². The van der Waals surface area contributed by atoms with E-state index in [1.807, 2.05) is 10.7 Å². The summed E-state index contributed by atoms with van der Waals surface area (Å²) < 4.78 is 9.23. The van der Waals surface area contributed by atoms with Crippen molar-refractivity contribution < 1.29 is 14.3 Å². The Balaban J connectivity index is 1.18. The molecular weight excluding hydrogens is 486 g/mol. The predicted octanol–water partition coefficient (Wildman–Crippen LogP) is 2.75. The fraction of sp³-hybridized carbons (Fsp3) is 0.385. The number of carbonyl (C=O) groups is 2. The Morgan fingerprint density at radius 3 is 2.89 bits per heavy atom. The molecule has 6 heterocycles. The Morgan fingerprint density at radius 2 is 2.05 bits per heavy atom. The molecule has 1 saturated heterocycles. The van der Waals surface area contributed by atoms with Crippen molar-refractivity contribution in [1.82, 2.24) is 34.5 Å². The summed E-state index contributed by atoms with van der Waals surface area (Å²) in [6.07, 6.45) is 8.31. The van der Waals surface area contributed by atoms with E-state index in [-0.39, 0.29) is 11.6 Å². The highest BCUT2D eigenvalue weighted by Gasteiger charge is 2.23. The second-order valence-corrected chi connectivity index (χ2v) is 9.80. The van der Waals surface area contributed by atoms with Crippen LogP contribution in [-0.4, -0.2) is 72.0 Å². The van der Waals surface area contributed by atoms with Crippen LogP contribution in [0, 0.1) is 6.92 Å². The van der Waals surface area contributed by atoms with Gasteiger partial charge in [-0.3, -0.25) is 19.5 Å². The minimum absolute atomic E-state index is 0.105. The van der Waals surface area contributed by atoms with Gasteiger partial charge in [0.2, 0.25) is 11.8 Å². The molecule has 38 heavy (non-hydrogen) atoms. The lowest BCUT2D eigenvalue weighted by molar-refractivity contribution is -0.117. The summed E-state index contributed by atoms with van der Waals surface area (Å²) in [6, 6.07) is 5.81.